The van der Waals surface area contributed by atoms with Crippen LogP contribution in [0.25, 0.3) is 0 Å². The Balaban J connectivity index is 1.95. The zero-order valence-corrected chi connectivity index (χ0v) is 14.3. The molecule has 5 heteroatoms. The van der Waals surface area contributed by atoms with Gasteiger partial charge in [0.2, 0.25) is 0 Å². The largest absolute Gasteiger partial charge is 0.381 e. The quantitative estimate of drug-likeness (QED) is 0.458. The summed E-state index contributed by atoms with van der Waals surface area (Å²) < 4.78 is 10.9. The molecule has 2 N–H and O–H groups in total. The lowest BCUT2D eigenvalue weighted by atomic mass is 9.74. The summed E-state index contributed by atoms with van der Waals surface area (Å²) in [6.45, 7) is 6.67. The van der Waals surface area contributed by atoms with Crippen molar-refractivity contribution in [3.8, 4) is 0 Å². The Morgan fingerprint density at radius 3 is 2.61 bits per heavy atom. The molecule has 128 valence electrons. The van der Waals surface area contributed by atoms with Crippen LogP contribution in [0.5, 0.6) is 0 Å². The molecule has 0 aromatic heterocycles. The van der Waals surface area contributed by atoms with Crippen molar-refractivity contribution in [3.05, 3.63) is 35.9 Å². The Kier molecular flexibility index (Phi) is 7.36. The fraction of sp³-hybridized carbons (Fsp3) is 0.611. The summed E-state index contributed by atoms with van der Waals surface area (Å²) in [5.41, 5.74) is 1.48. The van der Waals surface area contributed by atoms with Crippen LogP contribution in [0.15, 0.2) is 35.3 Å². The monoisotopic (exact) mass is 319 g/mol. The fourth-order valence-corrected chi connectivity index (χ4v) is 2.98. The van der Waals surface area contributed by atoms with Crippen LogP contribution in [-0.2, 0) is 14.9 Å². The SMILES string of the molecule is CCOCCNC(=NC)NCC1(c2ccccc2)CCOCC1. The number of rotatable bonds is 7. The Labute approximate surface area is 139 Å². The molecule has 1 heterocycles. The zero-order valence-electron chi connectivity index (χ0n) is 14.3. The number of nitrogens with zero attached hydrogens (tertiary/aromatic N) is 1. The van der Waals surface area contributed by atoms with E-state index < -0.39 is 0 Å². The first-order chi connectivity index (χ1) is 11.3. The molecule has 0 saturated carbocycles. The van der Waals surface area contributed by atoms with Gasteiger partial charge in [-0.15, -0.1) is 0 Å². The third kappa shape index (κ3) is 5.22. The molecule has 0 bridgehead atoms. The number of ether oxygens (including phenoxy) is 2. The summed E-state index contributed by atoms with van der Waals surface area (Å²) in [6.07, 6.45) is 2.06. The predicted molar refractivity (Wildman–Crippen MR) is 94.0 cm³/mol. The van der Waals surface area contributed by atoms with Crippen molar-refractivity contribution in [2.45, 2.75) is 25.2 Å². The minimum atomic E-state index is 0.108. The van der Waals surface area contributed by atoms with Crippen LogP contribution in [0.3, 0.4) is 0 Å². The third-order valence-electron chi connectivity index (χ3n) is 4.40. The lowest BCUT2D eigenvalue weighted by molar-refractivity contribution is 0.0513. The van der Waals surface area contributed by atoms with E-state index in [1.807, 2.05) is 6.92 Å². The maximum atomic E-state index is 5.58. The van der Waals surface area contributed by atoms with E-state index in [2.05, 4.69) is 46.0 Å². The second-order valence-electron chi connectivity index (χ2n) is 5.81. The Morgan fingerprint density at radius 2 is 1.96 bits per heavy atom. The lowest BCUT2D eigenvalue weighted by Crippen LogP contribution is -2.48. The molecule has 2 rings (SSSR count). The van der Waals surface area contributed by atoms with Gasteiger partial charge in [-0.1, -0.05) is 30.3 Å². The van der Waals surface area contributed by atoms with E-state index in [1.165, 1.54) is 5.56 Å². The van der Waals surface area contributed by atoms with Crippen molar-refractivity contribution in [3.63, 3.8) is 0 Å². The van der Waals surface area contributed by atoms with E-state index in [4.69, 9.17) is 9.47 Å². The molecule has 1 aliphatic rings. The second kappa shape index (κ2) is 9.53. The summed E-state index contributed by atoms with van der Waals surface area (Å²) in [4.78, 5) is 4.30. The number of nitrogens with one attached hydrogen (secondary N) is 2. The fourth-order valence-electron chi connectivity index (χ4n) is 2.98. The molecular formula is C18H29N3O2. The summed E-state index contributed by atoms with van der Waals surface area (Å²) in [7, 11) is 1.80. The van der Waals surface area contributed by atoms with Gasteiger partial charge in [0.15, 0.2) is 5.96 Å². The molecular weight excluding hydrogens is 290 g/mol. The van der Waals surface area contributed by atoms with Crippen LogP contribution in [0.4, 0.5) is 0 Å². The second-order valence-corrected chi connectivity index (χ2v) is 5.81. The highest BCUT2D eigenvalue weighted by Gasteiger charge is 2.34. The average Bonchev–Trinajstić information content (AvgIpc) is 2.63. The summed E-state index contributed by atoms with van der Waals surface area (Å²) >= 11 is 0. The van der Waals surface area contributed by atoms with Gasteiger partial charge >= 0.3 is 0 Å². The number of hydrogen-bond acceptors (Lipinski definition) is 3. The number of aliphatic imine (C=N–C) groups is 1. The number of hydrogen-bond donors (Lipinski definition) is 2. The van der Waals surface area contributed by atoms with Gasteiger partial charge in [0.05, 0.1) is 6.61 Å². The topological polar surface area (TPSA) is 54.9 Å². The van der Waals surface area contributed by atoms with Crippen molar-refractivity contribution in [1.82, 2.24) is 10.6 Å². The Morgan fingerprint density at radius 1 is 1.22 bits per heavy atom. The van der Waals surface area contributed by atoms with Gasteiger partial charge in [-0.05, 0) is 25.3 Å². The first kappa shape index (κ1) is 17.8. The predicted octanol–water partition coefficient (Wildman–Crippen LogP) is 1.94. The van der Waals surface area contributed by atoms with Gasteiger partial charge < -0.3 is 20.1 Å². The standard InChI is InChI=1S/C18H29N3O2/c1-3-22-14-11-20-17(19-2)21-15-18(9-12-23-13-10-18)16-7-5-4-6-8-16/h4-8H,3,9-15H2,1-2H3,(H2,19,20,21). The molecule has 0 amide bonds. The van der Waals surface area contributed by atoms with Crippen molar-refractivity contribution in [2.75, 3.05) is 46.6 Å². The van der Waals surface area contributed by atoms with Crippen molar-refractivity contribution >= 4 is 5.96 Å². The van der Waals surface area contributed by atoms with E-state index >= 15 is 0 Å². The first-order valence-electron chi connectivity index (χ1n) is 8.46. The molecule has 1 aliphatic heterocycles. The van der Waals surface area contributed by atoms with E-state index in [9.17, 15) is 0 Å². The summed E-state index contributed by atoms with van der Waals surface area (Å²) in [5, 5.41) is 6.78. The van der Waals surface area contributed by atoms with E-state index in [0.29, 0.717) is 6.61 Å². The Bertz CT molecular complexity index is 470. The van der Waals surface area contributed by atoms with E-state index in [0.717, 1.165) is 51.7 Å². The molecule has 0 radical (unpaired) electrons. The maximum Gasteiger partial charge on any atom is 0.191 e. The van der Waals surface area contributed by atoms with Gasteiger partial charge in [0, 0.05) is 45.4 Å². The zero-order chi connectivity index (χ0) is 16.4. The Hall–Kier alpha value is -1.59. The van der Waals surface area contributed by atoms with E-state index in [1.54, 1.807) is 7.05 Å². The van der Waals surface area contributed by atoms with Crippen molar-refractivity contribution < 1.29 is 9.47 Å². The normalized spacial score (nSPS) is 17.7. The van der Waals surface area contributed by atoms with Crippen LogP contribution < -0.4 is 10.6 Å². The molecule has 0 atom stereocenters. The van der Waals surface area contributed by atoms with Gasteiger partial charge in [0.25, 0.3) is 0 Å². The molecule has 1 aromatic rings. The van der Waals surface area contributed by atoms with Crippen LogP contribution in [0.2, 0.25) is 0 Å². The molecule has 5 nitrogen and oxygen atoms in total. The van der Waals surface area contributed by atoms with Crippen LogP contribution >= 0.6 is 0 Å². The molecule has 1 saturated heterocycles. The van der Waals surface area contributed by atoms with Gasteiger partial charge in [-0.3, -0.25) is 4.99 Å². The van der Waals surface area contributed by atoms with Gasteiger partial charge in [-0.25, -0.2) is 0 Å². The lowest BCUT2D eigenvalue weighted by Gasteiger charge is -2.38. The number of benzene rings is 1. The molecule has 0 aliphatic carbocycles. The molecule has 0 unspecified atom stereocenters. The highest BCUT2D eigenvalue weighted by atomic mass is 16.5. The van der Waals surface area contributed by atoms with Crippen LogP contribution in [-0.4, -0.2) is 52.5 Å². The molecule has 0 spiro atoms. The van der Waals surface area contributed by atoms with Crippen LogP contribution in [0, 0.1) is 0 Å². The smallest absolute Gasteiger partial charge is 0.191 e. The number of guanidine groups is 1. The van der Waals surface area contributed by atoms with Gasteiger partial charge in [-0.2, -0.15) is 0 Å². The average molecular weight is 319 g/mol. The van der Waals surface area contributed by atoms with Crippen molar-refractivity contribution in [1.29, 1.82) is 0 Å². The van der Waals surface area contributed by atoms with Crippen LogP contribution in [0.1, 0.15) is 25.3 Å². The molecule has 23 heavy (non-hydrogen) atoms. The highest BCUT2D eigenvalue weighted by Crippen LogP contribution is 2.34. The highest BCUT2D eigenvalue weighted by molar-refractivity contribution is 5.79. The first-order valence-corrected chi connectivity index (χ1v) is 8.46. The summed E-state index contributed by atoms with van der Waals surface area (Å²) in [5.74, 6) is 0.825. The van der Waals surface area contributed by atoms with Gasteiger partial charge in [0.1, 0.15) is 0 Å². The molecule has 1 aromatic carbocycles. The van der Waals surface area contributed by atoms with Crippen molar-refractivity contribution in [2.24, 2.45) is 4.99 Å². The van der Waals surface area contributed by atoms with E-state index in [-0.39, 0.29) is 5.41 Å². The summed E-state index contributed by atoms with van der Waals surface area (Å²) in [6, 6.07) is 10.7. The maximum absolute atomic E-state index is 5.58. The minimum Gasteiger partial charge on any atom is -0.381 e. The minimum absolute atomic E-state index is 0.108. The molecule has 1 fully saturated rings. The third-order valence-corrected chi connectivity index (χ3v) is 4.40.